The standard InChI is InChI=1S/C10H17N3O2/c1-8-10(13-15-12-8)7-11-6-9-4-2-3-5-14-9/h9,11H,2-7H2,1H3. The van der Waals surface area contributed by atoms with Gasteiger partial charge < -0.3 is 10.1 Å². The molecule has 84 valence electrons. The molecule has 1 fully saturated rings. The molecular weight excluding hydrogens is 194 g/mol. The summed E-state index contributed by atoms with van der Waals surface area (Å²) in [5, 5.41) is 10.8. The molecule has 1 unspecified atom stereocenters. The minimum Gasteiger partial charge on any atom is -0.377 e. The SMILES string of the molecule is Cc1nonc1CNCC1CCCCO1. The molecule has 2 rings (SSSR count). The Hall–Kier alpha value is -0.940. The predicted molar refractivity (Wildman–Crippen MR) is 54.3 cm³/mol. The van der Waals surface area contributed by atoms with Crippen molar-refractivity contribution in [1.29, 1.82) is 0 Å². The summed E-state index contributed by atoms with van der Waals surface area (Å²) >= 11 is 0. The van der Waals surface area contributed by atoms with Crippen molar-refractivity contribution in [3.05, 3.63) is 11.4 Å². The summed E-state index contributed by atoms with van der Waals surface area (Å²) < 4.78 is 10.2. The Balaban J connectivity index is 1.68. The first-order chi connectivity index (χ1) is 7.36. The van der Waals surface area contributed by atoms with E-state index in [-0.39, 0.29) is 0 Å². The molecule has 5 heteroatoms. The van der Waals surface area contributed by atoms with Gasteiger partial charge in [-0.1, -0.05) is 10.3 Å². The predicted octanol–water partition coefficient (Wildman–Crippen LogP) is 1.04. The lowest BCUT2D eigenvalue weighted by Crippen LogP contribution is -2.31. The van der Waals surface area contributed by atoms with Crippen molar-refractivity contribution in [2.45, 2.75) is 38.8 Å². The molecule has 1 aliphatic heterocycles. The highest BCUT2D eigenvalue weighted by molar-refractivity contribution is 5.03. The minimum atomic E-state index is 0.360. The molecule has 0 aliphatic carbocycles. The van der Waals surface area contributed by atoms with Crippen LogP contribution in [0, 0.1) is 6.92 Å². The lowest BCUT2D eigenvalue weighted by Gasteiger charge is -2.22. The Morgan fingerprint density at radius 1 is 1.40 bits per heavy atom. The molecule has 1 saturated heterocycles. The first-order valence-corrected chi connectivity index (χ1v) is 5.46. The van der Waals surface area contributed by atoms with Gasteiger partial charge in [0.15, 0.2) is 0 Å². The lowest BCUT2D eigenvalue weighted by molar-refractivity contribution is 0.0167. The van der Waals surface area contributed by atoms with Crippen molar-refractivity contribution >= 4 is 0 Å². The first kappa shape index (κ1) is 10.6. The second kappa shape index (κ2) is 5.23. The average Bonchev–Trinajstić information content (AvgIpc) is 2.66. The van der Waals surface area contributed by atoms with E-state index in [2.05, 4.69) is 20.3 Å². The summed E-state index contributed by atoms with van der Waals surface area (Å²) in [6.45, 7) is 4.38. The zero-order valence-electron chi connectivity index (χ0n) is 9.03. The van der Waals surface area contributed by atoms with E-state index in [0.29, 0.717) is 12.6 Å². The third-order valence-corrected chi connectivity index (χ3v) is 2.68. The third kappa shape index (κ3) is 3.00. The quantitative estimate of drug-likeness (QED) is 0.806. The largest absolute Gasteiger partial charge is 0.377 e. The molecule has 15 heavy (non-hydrogen) atoms. The molecule has 1 atom stereocenters. The van der Waals surface area contributed by atoms with Crippen molar-refractivity contribution < 1.29 is 9.37 Å². The molecule has 2 heterocycles. The maximum absolute atomic E-state index is 5.61. The second-order valence-electron chi connectivity index (χ2n) is 3.92. The molecule has 0 radical (unpaired) electrons. The molecule has 0 amide bonds. The molecule has 1 aromatic rings. The first-order valence-electron chi connectivity index (χ1n) is 5.46. The van der Waals surface area contributed by atoms with Gasteiger partial charge in [0.2, 0.25) is 0 Å². The summed E-state index contributed by atoms with van der Waals surface area (Å²) in [5.41, 5.74) is 1.73. The highest BCUT2D eigenvalue weighted by Gasteiger charge is 2.13. The molecule has 1 aromatic heterocycles. The number of hydrogen-bond acceptors (Lipinski definition) is 5. The topological polar surface area (TPSA) is 60.2 Å². The number of nitrogens with one attached hydrogen (secondary N) is 1. The van der Waals surface area contributed by atoms with Gasteiger partial charge in [-0.05, 0) is 26.2 Å². The molecule has 0 saturated carbocycles. The maximum Gasteiger partial charge on any atom is 0.121 e. The highest BCUT2D eigenvalue weighted by atomic mass is 16.6. The van der Waals surface area contributed by atoms with Crippen LogP contribution in [0.25, 0.3) is 0 Å². The van der Waals surface area contributed by atoms with E-state index in [9.17, 15) is 0 Å². The van der Waals surface area contributed by atoms with Gasteiger partial charge in [0.05, 0.1) is 6.10 Å². The van der Waals surface area contributed by atoms with E-state index in [4.69, 9.17) is 4.74 Å². The molecule has 0 bridgehead atoms. The number of rotatable bonds is 4. The van der Waals surface area contributed by atoms with Crippen LogP contribution in [0.5, 0.6) is 0 Å². The Morgan fingerprint density at radius 3 is 3.00 bits per heavy atom. The van der Waals surface area contributed by atoms with Crippen molar-refractivity contribution in [3.63, 3.8) is 0 Å². The van der Waals surface area contributed by atoms with E-state index in [1.165, 1.54) is 12.8 Å². The van der Waals surface area contributed by atoms with Crippen molar-refractivity contribution in [3.8, 4) is 0 Å². The van der Waals surface area contributed by atoms with Gasteiger partial charge in [-0.2, -0.15) is 0 Å². The van der Waals surface area contributed by atoms with Crippen LogP contribution in [0.4, 0.5) is 0 Å². The van der Waals surface area contributed by atoms with Crippen LogP contribution < -0.4 is 5.32 Å². The Bertz CT molecular complexity index is 295. The Kier molecular flexibility index (Phi) is 3.69. The Labute approximate surface area is 89.1 Å². The van der Waals surface area contributed by atoms with Crippen LogP contribution in [0.3, 0.4) is 0 Å². The van der Waals surface area contributed by atoms with Gasteiger partial charge in [-0.15, -0.1) is 0 Å². The van der Waals surface area contributed by atoms with Crippen LogP contribution in [0.1, 0.15) is 30.7 Å². The van der Waals surface area contributed by atoms with Gasteiger partial charge in [0, 0.05) is 19.7 Å². The monoisotopic (exact) mass is 211 g/mol. The van der Waals surface area contributed by atoms with Gasteiger partial charge in [-0.3, -0.25) is 0 Å². The number of nitrogens with zero attached hydrogens (tertiary/aromatic N) is 2. The van der Waals surface area contributed by atoms with Crippen LogP contribution in [-0.4, -0.2) is 29.6 Å². The van der Waals surface area contributed by atoms with E-state index in [0.717, 1.165) is 31.0 Å². The van der Waals surface area contributed by atoms with Crippen molar-refractivity contribution in [1.82, 2.24) is 15.6 Å². The van der Waals surface area contributed by atoms with E-state index in [1.54, 1.807) is 0 Å². The minimum absolute atomic E-state index is 0.360. The van der Waals surface area contributed by atoms with Gasteiger partial charge in [0.25, 0.3) is 0 Å². The molecule has 0 aromatic carbocycles. The Morgan fingerprint density at radius 2 is 2.33 bits per heavy atom. The van der Waals surface area contributed by atoms with Gasteiger partial charge in [0.1, 0.15) is 11.4 Å². The van der Waals surface area contributed by atoms with Crippen molar-refractivity contribution in [2.75, 3.05) is 13.2 Å². The molecule has 0 spiro atoms. The maximum atomic E-state index is 5.61. The summed E-state index contributed by atoms with van der Waals surface area (Å²) in [6, 6.07) is 0. The highest BCUT2D eigenvalue weighted by Crippen LogP contribution is 2.11. The summed E-state index contributed by atoms with van der Waals surface area (Å²) in [6.07, 6.45) is 3.99. The number of aromatic nitrogens is 2. The smallest absolute Gasteiger partial charge is 0.121 e. The van der Waals surface area contributed by atoms with E-state index < -0.39 is 0 Å². The second-order valence-corrected chi connectivity index (χ2v) is 3.92. The fraction of sp³-hybridized carbons (Fsp3) is 0.800. The van der Waals surface area contributed by atoms with Crippen LogP contribution in [0.2, 0.25) is 0 Å². The summed E-state index contributed by atoms with van der Waals surface area (Å²) in [7, 11) is 0. The molecular formula is C10H17N3O2. The van der Waals surface area contributed by atoms with Gasteiger partial charge >= 0.3 is 0 Å². The van der Waals surface area contributed by atoms with Crippen molar-refractivity contribution in [2.24, 2.45) is 0 Å². The molecule has 1 aliphatic rings. The molecule has 5 nitrogen and oxygen atoms in total. The van der Waals surface area contributed by atoms with Crippen LogP contribution >= 0.6 is 0 Å². The third-order valence-electron chi connectivity index (χ3n) is 2.68. The zero-order chi connectivity index (χ0) is 10.5. The van der Waals surface area contributed by atoms with E-state index >= 15 is 0 Å². The average molecular weight is 211 g/mol. The van der Waals surface area contributed by atoms with Crippen LogP contribution in [0.15, 0.2) is 4.63 Å². The number of aryl methyl sites for hydroxylation is 1. The summed E-state index contributed by atoms with van der Waals surface area (Å²) in [4.78, 5) is 0. The lowest BCUT2D eigenvalue weighted by atomic mass is 10.1. The number of hydrogen-bond donors (Lipinski definition) is 1. The molecule has 1 N–H and O–H groups in total. The van der Waals surface area contributed by atoms with E-state index in [1.807, 2.05) is 6.92 Å². The fourth-order valence-electron chi connectivity index (χ4n) is 1.73. The van der Waals surface area contributed by atoms with Crippen LogP contribution in [-0.2, 0) is 11.3 Å². The number of ether oxygens (including phenoxy) is 1. The fourth-order valence-corrected chi connectivity index (χ4v) is 1.73. The zero-order valence-corrected chi connectivity index (χ0v) is 9.03. The summed E-state index contributed by atoms with van der Waals surface area (Å²) in [5.74, 6) is 0. The van der Waals surface area contributed by atoms with Gasteiger partial charge in [-0.25, -0.2) is 4.63 Å². The normalized spacial score (nSPS) is 21.8.